The van der Waals surface area contributed by atoms with Gasteiger partial charge >= 0.3 is 0 Å². The Morgan fingerprint density at radius 1 is 0.743 bits per heavy atom. The molecule has 0 saturated carbocycles. The molecule has 0 fully saturated rings. The van der Waals surface area contributed by atoms with Crippen LogP contribution in [0, 0.1) is 6.92 Å². The van der Waals surface area contributed by atoms with Crippen molar-refractivity contribution in [3.8, 4) is 21.1 Å². The molecule has 0 aliphatic rings. The zero-order chi connectivity index (χ0) is 23.9. The number of nitrogens with one attached hydrogen (secondary N) is 1. The number of halogens is 1. The molecule has 170 valence electrons. The molecule has 2 heterocycles. The molecule has 1 N–H and O–H groups in total. The molecule has 0 spiro atoms. The van der Waals surface area contributed by atoms with Crippen LogP contribution in [0.15, 0.2) is 89.4 Å². The summed E-state index contributed by atoms with van der Waals surface area (Å²) in [7, 11) is 0. The zero-order valence-corrected chi connectivity index (χ0v) is 21.8. The van der Waals surface area contributed by atoms with Gasteiger partial charge < -0.3 is 5.32 Å². The third-order valence-corrected chi connectivity index (χ3v) is 8.34. The van der Waals surface area contributed by atoms with E-state index in [0.29, 0.717) is 5.56 Å². The van der Waals surface area contributed by atoms with Crippen molar-refractivity contribution in [3.63, 3.8) is 0 Å². The van der Waals surface area contributed by atoms with Gasteiger partial charge in [0.1, 0.15) is 10.0 Å². The average molecular weight is 557 g/mol. The first kappa shape index (κ1) is 22.1. The molecule has 1 amide bonds. The van der Waals surface area contributed by atoms with Crippen molar-refractivity contribution in [2.75, 3.05) is 5.32 Å². The fourth-order valence-electron chi connectivity index (χ4n) is 3.84. The van der Waals surface area contributed by atoms with E-state index in [1.54, 1.807) is 34.8 Å². The van der Waals surface area contributed by atoms with Crippen LogP contribution in [0.4, 0.5) is 5.69 Å². The van der Waals surface area contributed by atoms with E-state index < -0.39 is 0 Å². The number of rotatable bonds is 4. The van der Waals surface area contributed by atoms with Crippen LogP contribution in [-0.4, -0.2) is 15.9 Å². The summed E-state index contributed by atoms with van der Waals surface area (Å²) in [6, 6.07) is 27.8. The lowest BCUT2D eigenvalue weighted by Gasteiger charge is -2.06. The Labute approximate surface area is 218 Å². The number of aryl methyl sites for hydroxylation is 1. The lowest BCUT2D eigenvalue weighted by molar-refractivity contribution is 0.102. The molecule has 2 aromatic heterocycles. The molecule has 0 atom stereocenters. The molecule has 0 radical (unpaired) electrons. The van der Waals surface area contributed by atoms with Gasteiger partial charge in [-0.25, -0.2) is 9.97 Å². The second-order valence-electron chi connectivity index (χ2n) is 8.23. The third-order valence-electron chi connectivity index (χ3n) is 5.68. The Kier molecular flexibility index (Phi) is 5.68. The molecule has 0 aliphatic heterocycles. The summed E-state index contributed by atoms with van der Waals surface area (Å²) < 4.78 is 3.27. The molecule has 4 nitrogen and oxygen atoms in total. The van der Waals surface area contributed by atoms with E-state index in [1.807, 2.05) is 36.4 Å². The Morgan fingerprint density at radius 2 is 1.34 bits per heavy atom. The monoisotopic (exact) mass is 555 g/mol. The highest BCUT2D eigenvalue weighted by Gasteiger charge is 2.12. The number of carbonyl (C=O) groups excluding carboxylic acids is 1. The summed E-state index contributed by atoms with van der Waals surface area (Å²) >= 11 is 6.77. The number of nitrogens with zero attached hydrogens (tertiary/aromatic N) is 2. The van der Waals surface area contributed by atoms with Crippen LogP contribution in [0.3, 0.4) is 0 Å². The highest BCUT2D eigenvalue weighted by atomic mass is 79.9. The molecule has 7 heteroatoms. The Hall–Kier alpha value is -3.39. The molecule has 6 rings (SSSR count). The first-order valence-corrected chi connectivity index (χ1v) is 13.4. The summed E-state index contributed by atoms with van der Waals surface area (Å²) in [5.41, 5.74) is 6.74. The van der Waals surface area contributed by atoms with Crippen molar-refractivity contribution in [2.24, 2.45) is 0 Å². The van der Waals surface area contributed by atoms with Crippen molar-refractivity contribution in [3.05, 3.63) is 101 Å². The van der Waals surface area contributed by atoms with E-state index in [9.17, 15) is 4.79 Å². The van der Waals surface area contributed by atoms with Crippen LogP contribution < -0.4 is 5.32 Å². The van der Waals surface area contributed by atoms with Crippen molar-refractivity contribution in [2.45, 2.75) is 6.92 Å². The largest absolute Gasteiger partial charge is 0.322 e. The predicted molar refractivity (Wildman–Crippen MR) is 151 cm³/mol. The summed E-state index contributed by atoms with van der Waals surface area (Å²) in [5, 5.41) is 4.91. The highest BCUT2D eigenvalue weighted by molar-refractivity contribution is 9.10. The molecular weight excluding hydrogens is 538 g/mol. The Bertz CT molecular complexity index is 1700. The SMILES string of the molecule is Cc1ccc2nc(-c3ccc4nc(-c5ccc(NC(=O)c6ccc(Br)cc6)cc5)sc4c3)sc2c1. The smallest absolute Gasteiger partial charge is 0.255 e. The number of hydrogen-bond acceptors (Lipinski definition) is 5. The molecule has 0 bridgehead atoms. The fourth-order valence-corrected chi connectivity index (χ4v) is 6.17. The number of anilines is 1. The molecule has 35 heavy (non-hydrogen) atoms. The van der Waals surface area contributed by atoms with E-state index in [4.69, 9.17) is 9.97 Å². The second-order valence-corrected chi connectivity index (χ2v) is 11.2. The second kappa shape index (κ2) is 9.00. The molecule has 0 saturated heterocycles. The van der Waals surface area contributed by atoms with Crippen LogP contribution >= 0.6 is 38.6 Å². The van der Waals surface area contributed by atoms with Gasteiger partial charge in [-0.15, -0.1) is 22.7 Å². The summed E-state index contributed by atoms with van der Waals surface area (Å²) in [6.07, 6.45) is 0. The minimum atomic E-state index is -0.136. The summed E-state index contributed by atoms with van der Waals surface area (Å²) in [6.45, 7) is 2.10. The van der Waals surface area contributed by atoms with E-state index in [0.717, 1.165) is 47.0 Å². The number of carbonyl (C=O) groups is 1. The predicted octanol–water partition coefficient (Wildman–Crippen LogP) is 8.56. The van der Waals surface area contributed by atoms with Crippen LogP contribution in [0.2, 0.25) is 0 Å². The number of aromatic nitrogens is 2. The first-order chi connectivity index (χ1) is 17.0. The Balaban J connectivity index is 1.24. The van der Waals surface area contributed by atoms with E-state index in [-0.39, 0.29) is 5.91 Å². The molecule has 6 aromatic rings. The van der Waals surface area contributed by atoms with Crippen LogP contribution in [-0.2, 0) is 0 Å². The van der Waals surface area contributed by atoms with Gasteiger partial charge in [0.25, 0.3) is 5.91 Å². The summed E-state index contributed by atoms with van der Waals surface area (Å²) in [4.78, 5) is 22.1. The molecule has 4 aromatic carbocycles. The van der Waals surface area contributed by atoms with Crippen LogP contribution in [0.5, 0.6) is 0 Å². The van der Waals surface area contributed by atoms with Crippen molar-refractivity contribution >= 4 is 70.6 Å². The fraction of sp³-hybridized carbons (Fsp3) is 0.0357. The van der Waals surface area contributed by atoms with Crippen LogP contribution in [0.1, 0.15) is 15.9 Å². The van der Waals surface area contributed by atoms with Gasteiger partial charge in [-0.2, -0.15) is 0 Å². The van der Waals surface area contributed by atoms with Crippen molar-refractivity contribution < 1.29 is 4.79 Å². The van der Waals surface area contributed by atoms with Crippen molar-refractivity contribution in [1.29, 1.82) is 0 Å². The van der Waals surface area contributed by atoms with Gasteiger partial charge in [0.2, 0.25) is 0 Å². The quantitative estimate of drug-likeness (QED) is 0.237. The standard InChI is InChI=1S/C28H18BrN3OS2/c1-16-2-12-22-24(14-16)34-28(32-22)19-7-13-23-25(15-19)35-27(31-23)18-5-10-21(11-6-18)30-26(33)17-3-8-20(29)9-4-17/h2-15H,1H3,(H,30,33). The number of benzene rings is 4. The topological polar surface area (TPSA) is 54.9 Å². The number of amides is 1. The maximum absolute atomic E-state index is 12.5. The highest BCUT2D eigenvalue weighted by Crippen LogP contribution is 2.36. The summed E-state index contributed by atoms with van der Waals surface area (Å²) in [5.74, 6) is -0.136. The van der Waals surface area contributed by atoms with Crippen LogP contribution in [0.25, 0.3) is 41.6 Å². The lowest BCUT2D eigenvalue weighted by atomic mass is 10.2. The first-order valence-electron chi connectivity index (χ1n) is 11.0. The van der Waals surface area contributed by atoms with Gasteiger partial charge in [0, 0.05) is 26.9 Å². The zero-order valence-electron chi connectivity index (χ0n) is 18.6. The average Bonchev–Trinajstić information content (AvgIpc) is 3.48. The normalized spacial score (nSPS) is 11.3. The van der Waals surface area contributed by atoms with Gasteiger partial charge in [-0.3, -0.25) is 4.79 Å². The minimum absolute atomic E-state index is 0.136. The maximum atomic E-state index is 12.5. The number of fused-ring (bicyclic) bond motifs is 2. The van der Waals surface area contributed by atoms with Gasteiger partial charge in [-0.05, 0) is 91.3 Å². The third kappa shape index (κ3) is 4.50. The van der Waals surface area contributed by atoms with Crippen molar-refractivity contribution in [1.82, 2.24) is 9.97 Å². The van der Waals surface area contributed by atoms with Gasteiger partial charge in [0.15, 0.2) is 0 Å². The van der Waals surface area contributed by atoms with E-state index in [2.05, 4.69) is 64.6 Å². The molecule has 0 aliphatic carbocycles. The van der Waals surface area contributed by atoms with Gasteiger partial charge in [0.05, 0.1) is 20.4 Å². The Morgan fingerprint density at radius 3 is 2.06 bits per heavy atom. The van der Waals surface area contributed by atoms with E-state index in [1.165, 1.54) is 10.3 Å². The number of hydrogen-bond donors (Lipinski definition) is 1. The molecular formula is C28H18BrN3OS2. The molecule has 0 unspecified atom stereocenters. The number of thiazole rings is 2. The lowest BCUT2D eigenvalue weighted by Crippen LogP contribution is -2.11. The maximum Gasteiger partial charge on any atom is 0.255 e. The van der Waals surface area contributed by atoms with E-state index >= 15 is 0 Å². The van der Waals surface area contributed by atoms with Gasteiger partial charge in [-0.1, -0.05) is 22.0 Å². The minimum Gasteiger partial charge on any atom is -0.322 e.